The van der Waals surface area contributed by atoms with Gasteiger partial charge in [0, 0.05) is 31.5 Å². The molecule has 4 rings (SSSR count). The molecule has 150 valence electrons. The number of aryl methyl sites for hydroxylation is 1. The lowest BCUT2D eigenvalue weighted by Gasteiger charge is -2.32. The van der Waals surface area contributed by atoms with Crippen LogP contribution in [0.1, 0.15) is 23.3 Å². The first-order valence-electron chi connectivity index (χ1n) is 9.56. The van der Waals surface area contributed by atoms with Crippen LogP contribution in [0.25, 0.3) is 11.3 Å². The summed E-state index contributed by atoms with van der Waals surface area (Å²) in [5.41, 5.74) is 2.09. The van der Waals surface area contributed by atoms with Gasteiger partial charge >= 0.3 is 6.01 Å². The van der Waals surface area contributed by atoms with Crippen molar-refractivity contribution in [2.45, 2.75) is 18.9 Å². The maximum atomic E-state index is 13.2. The van der Waals surface area contributed by atoms with Crippen molar-refractivity contribution in [3.8, 4) is 23.0 Å². The third-order valence-corrected chi connectivity index (χ3v) is 4.96. The van der Waals surface area contributed by atoms with Gasteiger partial charge in [-0.2, -0.15) is 5.10 Å². The Kier molecular flexibility index (Phi) is 5.41. The van der Waals surface area contributed by atoms with Crippen molar-refractivity contribution in [3.05, 3.63) is 54.5 Å². The van der Waals surface area contributed by atoms with Crippen LogP contribution in [0, 0.1) is 0 Å². The average Bonchev–Trinajstić information content (AvgIpc) is 3.15. The summed E-state index contributed by atoms with van der Waals surface area (Å²) in [5, 5.41) is 4.53. The van der Waals surface area contributed by atoms with Gasteiger partial charge in [-0.25, -0.2) is 9.97 Å². The zero-order chi connectivity index (χ0) is 20.2. The Labute approximate surface area is 169 Å². The Morgan fingerprint density at radius 1 is 1.17 bits per heavy atom. The molecule has 3 heterocycles. The van der Waals surface area contributed by atoms with Gasteiger partial charge in [0.15, 0.2) is 0 Å². The molecule has 2 aromatic heterocycles. The number of rotatable bonds is 5. The molecule has 8 heteroatoms. The largest absolute Gasteiger partial charge is 0.496 e. The van der Waals surface area contributed by atoms with Crippen LogP contribution in [-0.4, -0.2) is 56.9 Å². The Morgan fingerprint density at radius 2 is 1.97 bits per heavy atom. The first-order valence-corrected chi connectivity index (χ1v) is 9.56. The smallest absolute Gasteiger partial charge is 0.316 e. The van der Waals surface area contributed by atoms with Gasteiger partial charge in [0.25, 0.3) is 5.91 Å². The minimum atomic E-state index is -0.128. The molecule has 1 saturated heterocycles. The molecule has 0 saturated carbocycles. The van der Waals surface area contributed by atoms with Crippen LogP contribution in [-0.2, 0) is 7.05 Å². The Bertz CT molecular complexity index is 989. The maximum absolute atomic E-state index is 13.2. The Morgan fingerprint density at radius 3 is 2.76 bits per heavy atom. The first-order chi connectivity index (χ1) is 14.2. The first kappa shape index (κ1) is 18.9. The van der Waals surface area contributed by atoms with Crippen LogP contribution in [0.15, 0.2) is 48.8 Å². The molecule has 29 heavy (non-hydrogen) atoms. The molecule has 1 aliphatic heterocycles. The van der Waals surface area contributed by atoms with E-state index in [0.29, 0.717) is 30.5 Å². The summed E-state index contributed by atoms with van der Waals surface area (Å²) < 4.78 is 12.9. The summed E-state index contributed by atoms with van der Waals surface area (Å²) in [6, 6.07) is 11.5. The van der Waals surface area contributed by atoms with E-state index in [1.54, 1.807) is 42.2 Å². The highest BCUT2D eigenvalue weighted by atomic mass is 16.5. The van der Waals surface area contributed by atoms with E-state index in [4.69, 9.17) is 9.47 Å². The third-order valence-electron chi connectivity index (χ3n) is 4.96. The van der Waals surface area contributed by atoms with E-state index in [1.165, 1.54) is 0 Å². The summed E-state index contributed by atoms with van der Waals surface area (Å²) in [4.78, 5) is 23.2. The highest BCUT2D eigenvalue weighted by molar-refractivity contribution is 5.94. The number of ether oxygens (including phenoxy) is 2. The quantitative estimate of drug-likeness (QED) is 0.663. The second-order valence-electron chi connectivity index (χ2n) is 6.90. The molecule has 0 bridgehead atoms. The lowest BCUT2D eigenvalue weighted by atomic mass is 10.1. The zero-order valence-corrected chi connectivity index (χ0v) is 16.5. The number of hydrogen-bond acceptors (Lipinski definition) is 6. The van der Waals surface area contributed by atoms with Gasteiger partial charge in [-0.3, -0.25) is 9.48 Å². The number of methoxy groups -OCH3 is 1. The van der Waals surface area contributed by atoms with E-state index >= 15 is 0 Å². The van der Waals surface area contributed by atoms with Crippen LogP contribution in [0.5, 0.6) is 11.8 Å². The van der Waals surface area contributed by atoms with Crippen LogP contribution >= 0.6 is 0 Å². The third kappa shape index (κ3) is 4.06. The van der Waals surface area contributed by atoms with Crippen molar-refractivity contribution < 1.29 is 14.3 Å². The molecular formula is C21H23N5O3. The number of carbonyl (C=O) groups excluding carboxylic acids is 1. The topological polar surface area (TPSA) is 82.4 Å². The van der Waals surface area contributed by atoms with Crippen molar-refractivity contribution in [2.24, 2.45) is 7.05 Å². The van der Waals surface area contributed by atoms with Crippen LogP contribution in [0.3, 0.4) is 0 Å². The summed E-state index contributed by atoms with van der Waals surface area (Å²) in [6.07, 6.45) is 4.88. The number of benzene rings is 1. The zero-order valence-electron chi connectivity index (χ0n) is 16.5. The molecule has 1 unspecified atom stereocenters. The minimum absolute atomic E-state index is 0.0663. The van der Waals surface area contributed by atoms with Gasteiger partial charge in [-0.05, 0) is 37.1 Å². The van der Waals surface area contributed by atoms with Gasteiger partial charge in [0.1, 0.15) is 17.5 Å². The fraction of sp³-hybridized carbons (Fsp3) is 0.333. The molecule has 8 nitrogen and oxygen atoms in total. The monoisotopic (exact) mass is 393 g/mol. The molecule has 1 atom stereocenters. The van der Waals surface area contributed by atoms with E-state index in [0.717, 1.165) is 24.2 Å². The SMILES string of the molecule is COc1ccccc1-c1cc(C(=O)N2CCCC(Oc3ncccn3)C2)n(C)n1. The second-order valence-corrected chi connectivity index (χ2v) is 6.90. The summed E-state index contributed by atoms with van der Waals surface area (Å²) in [5.74, 6) is 0.655. The Hall–Kier alpha value is -3.42. The number of likely N-dealkylation sites (tertiary alicyclic amines) is 1. The van der Waals surface area contributed by atoms with E-state index in [1.807, 2.05) is 30.3 Å². The van der Waals surface area contributed by atoms with Gasteiger partial charge in [0.2, 0.25) is 0 Å². The minimum Gasteiger partial charge on any atom is -0.496 e. The molecular weight excluding hydrogens is 370 g/mol. The van der Waals surface area contributed by atoms with E-state index < -0.39 is 0 Å². The number of amides is 1. The molecule has 1 fully saturated rings. The van der Waals surface area contributed by atoms with Gasteiger partial charge in [0.05, 0.1) is 19.3 Å². The molecule has 0 N–H and O–H groups in total. The van der Waals surface area contributed by atoms with Crippen molar-refractivity contribution in [1.29, 1.82) is 0 Å². The van der Waals surface area contributed by atoms with Crippen LogP contribution < -0.4 is 9.47 Å². The van der Waals surface area contributed by atoms with Crippen LogP contribution in [0.2, 0.25) is 0 Å². The standard InChI is InChI=1S/C21H23N5O3/c1-25-18(13-17(24-25)16-8-3-4-9-19(16)28-2)20(27)26-12-5-7-15(14-26)29-21-22-10-6-11-23-21/h3-4,6,8-11,13,15H,5,7,12,14H2,1-2H3. The lowest BCUT2D eigenvalue weighted by molar-refractivity contribution is 0.0506. The fourth-order valence-corrected chi connectivity index (χ4v) is 3.53. The molecule has 1 aliphatic rings. The van der Waals surface area contributed by atoms with Gasteiger partial charge < -0.3 is 14.4 Å². The number of hydrogen-bond donors (Lipinski definition) is 0. The molecule has 3 aromatic rings. The normalized spacial score (nSPS) is 16.5. The maximum Gasteiger partial charge on any atom is 0.316 e. The molecule has 0 spiro atoms. The van der Waals surface area contributed by atoms with Gasteiger partial charge in [-0.15, -0.1) is 0 Å². The highest BCUT2D eigenvalue weighted by Crippen LogP contribution is 2.29. The predicted octanol–water partition coefficient (Wildman–Crippen LogP) is 2.57. The van der Waals surface area contributed by atoms with E-state index in [2.05, 4.69) is 15.1 Å². The number of piperidine rings is 1. The van der Waals surface area contributed by atoms with Crippen molar-refractivity contribution in [2.75, 3.05) is 20.2 Å². The van der Waals surface area contributed by atoms with Gasteiger partial charge in [-0.1, -0.05) is 12.1 Å². The molecule has 0 radical (unpaired) electrons. The number of aromatic nitrogens is 4. The highest BCUT2D eigenvalue weighted by Gasteiger charge is 2.28. The molecule has 1 aromatic carbocycles. The van der Waals surface area contributed by atoms with E-state index in [-0.39, 0.29) is 12.0 Å². The van der Waals surface area contributed by atoms with Crippen molar-refractivity contribution in [1.82, 2.24) is 24.6 Å². The summed E-state index contributed by atoms with van der Waals surface area (Å²) in [6.45, 7) is 1.18. The van der Waals surface area contributed by atoms with Crippen LogP contribution in [0.4, 0.5) is 0 Å². The fourth-order valence-electron chi connectivity index (χ4n) is 3.53. The molecule has 1 amide bonds. The second kappa shape index (κ2) is 8.30. The summed E-state index contributed by atoms with van der Waals surface area (Å²) >= 11 is 0. The predicted molar refractivity (Wildman–Crippen MR) is 107 cm³/mol. The van der Waals surface area contributed by atoms with E-state index in [9.17, 15) is 4.79 Å². The number of nitrogens with zero attached hydrogens (tertiary/aromatic N) is 5. The number of carbonyl (C=O) groups is 1. The average molecular weight is 393 g/mol. The van der Waals surface area contributed by atoms with Crippen molar-refractivity contribution in [3.63, 3.8) is 0 Å². The number of para-hydroxylation sites is 1. The lowest BCUT2D eigenvalue weighted by Crippen LogP contribution is -2.45. The Balaban J connectivity index is 1.51. The molecule has 0 aliphatic carbocycles. The van der Waals surface area contributed by atoms with Crippen molar-refractivity contribution >= 4 is 5.91 Å². The summed E-state index contributed by atoms with van der Waals surface area (Å²) in [7, 11) is 3.40.